The zero-order chi connectivity index (χ0) is 13.2. The molecule has 6 nitrogen and oxygen atoms in total. The quantitative estimate of drug-likeness (QED) is 0.501. The average Bonchev–Trinajstić information content (AvgIpc) is 2.43. The van der Waals surface area contributed by atoms with Gasteiger partial charge in [0.25, 0.3) is 5.91 Å². The van der Waals surface area contributed by atoms with E-state index in [1.165, 1.54) is 0 Å². The zero-order valence-electron chi connectivity index (χ0n) is 10.0. The van der Waals surface area contributed by atoms with E-state index in [1.54, 1.807) is 20.8 Å². The van der Waals surface area contributed by atoms with Crippen molar-refractivity contribution in [2.24, 2.45) is 0 Å². The van der Waals surface area contributed by atoms with Gasteiger partial charge in [0.2, 0.25) is 0 Å². The van der Waals surface area contributed by atoms with Crippen LogP contribution in [0.15, 0.2) is 0 Å². The van der Waals surface area contributed by atoms with Crippen LogP contribution < -0.4 is 0 Å². The van der Waals surface area contributed by atoms with Gasteiger partial charge in [-0.15, -0.1) is 6.42 Å². The highest BCUT2D eigenvalue weighted by atomic mass is 16.6. The van der Waals surface area contributed by atoms with Gasteiger partial charge in [0.1, 0.15) is 12.1 Å². The number of terminal acetylenes is 1. The van der Waals surface area contributed by atoms with Crippen LogP contribution in [0.5, 0.6) is 0 Å². The summed E-state index contributed by atoms with van der Waals surface area (Å²) in [5.41, 5.74) is -0.722. The van der Waals surface area contributed by atoms with Crippen molar-refractivity contribution in [3.8, 4) is 12.3 Å². The van der Waals surface area contributed by atoms with Gasteiger partial charge >= 0.3 is 12.1 Å². The van der Waals surface area contributed by atoms with Gasteiger partial charge in [0, 0.05) is 0 Å². The lowest BCUT2D eigenvalue weighted by atomic mass is 10.2. The molecule has 0 aromatic rings. The Morgan fingerprint density at radius 1 is 1.47 bits per heavy atom. The summed E-state index contributed by atoms with van der Waals surface area (Å²) in [6.07, 6.45) is 4.19. The fourth-order valence-electron chi connectivity index (χ4n) is 1.25. The third-order valence-electron chi connectivity index (χ3n) is 1.92. The summed E-state index contributed by atoms with van der Waals surface area (Å²) in [6, 6.07) is -0.734. The van der Waals surface area contributed by atoms with Gasteiger partial charge in [-0.05, 0) is 20.8 Å². The Bertz CT molecular complexity index is 403. The number of amides is 4. The highest BCUT2D eigenvalue weighted by Gasteiger charge is 2.41. The summed E-state index contributed by atoms with van der Waals surface area (Å²) in [5, 5.41) is 0. The highest BCUT2D eigenvalue weighted by Crippen LogP contribution is 2.15. The van der Waals surface area contributed by atoms with Crippen molar-refractivity contribution in [2.45, 2.75) is 26.4 Å². The van der Waals surface area contributed by atoms with Crippen LogP contribution in [0.25, 0.3) is 0 Å². The lowest BCUT2D eigenvalue weighted by Gasteiger charge is -2.22. The zero-order valence-corrected chi connectivity index (χ0v) is 10.0. The number of imide groups is 2. The van der Waals surface area contributed by atoms with Crippen molar-refractivity contribution in [3.63, 3.8) is 0 Å². The van der Waals surface area contributed by atoms with E-state index in [1.807, 2.05) is 0 Å². The number of carbonyl (C=O) groups excluding carboxylic acids is 3. The number of hydrogen-bond donors (Lipinski definition) is 0. The molecule has 0 atom stereocenters. The van der Waals surface area contributed by atoms with Crippen molar-refractivity contribution in [3.05, 3.63) is 0 Å². The molecule has 1 saturated heterocycles. The molecule has 0 saturated carbocycles. The van der Waals surface area contributed by atoms with Gasteiger partial charge < -0.3 is 4.74 Å². The molecule has 4 amide bonds. The summed E-state index contributed by atoms with van der Waals surface area (Å²) in [7, 11) is 0. The van der Waals surface area contributed by atoms with Crippen molar-refractivity contribution in [1.82, 2.24) is 9.80 Å². The predicted octanol–water partition coefficient (Wildman–Crippen LogP) is 0.819. The molecule has 1 heterocycles. The minimum Gasteiger partial charge on any atom is -0.443 e. The SMILES string of the molecule is C#CCN1C(=O)CN(C(=O)OC(C)(C)C)C1=O. The van der Waals surface area contributed by atoms with Crippen molar-refractivity contribution >= 4 is 18.0 Å². The molecule has 0 radical (unpaired) electrons. The van der Waals surface area contributed by atoms with Gasteiger partial charge in [0.05, 0.1) is 6.54 Å². The molecular formula is C11H14N2O4. The monoisotopic (exact) mass is 238 g/mol. The van der Waals surface area contributed by atoms with E-state index < -0.39 is 23.6 Å². The maximum Gasteiger partial charge on any atom is 0.419 e. The molecule has 0 bridgehead atoms. The highest BCUT2D eigenvalue weighted by molar-refractivity contribution is 6.08. The van der Waals surface area contributed by atoms with Gasteiger partial charge in [-0.2, -0.15) is 0 Å². The molecule has 0 spiro atoms. The van der Waals surface area contributed by atoms with Crippen LogP contribution in [0.4, 0.5) is 9.59 Å². The first-order valence-electron chi connectivity index (χ1n) is 5.04. The van der Waals surface area contributed by atoms with Crippen molar-refractivity contribution in [1.29, 1.82) is 0 Å². The minimum absolute atomic E-state index is 0.142. The third-order valence-corrected chi connectivity index (χ3v) is 1.92. The lowest BCUT2D eigenvalue weighted by Crippen LogP contribution is -2.40. The maximum atomic E-state index is 11.7. The topological polar surface area (TPSA) is 66.9 Å². The molecule has 0 unspecified atom stereocenters. The summed E-state index contributed by atoms with van der Waals surface area (Å²) in [4.78, 5) is 36.3. The van der Waals surface area contributed by atoms with Crippen LogP contribution in [0.3, 0.4) is 0 Å². The van der Waals surface area contributed by atoms with Crippen LogP contribution in [0, 0.1) is 12.3 Å². The Hall–Kier alpha value is -2.03. The Balaban J connectivity index is 2.76. The maximum absolute atomic E-state index is 11.7. The van der Waals surface area contributed by atoms with Gasteiger partial charge in [-0.25, -0.2) is 14.5 Å². The Morgan fingerprint density at radius 2 is 2.06 bits per heavy atom. The molecule has 0 aromatic carbocycles. The third kappa shape index (κ3) is 2.97. The first-order valence-corrected chi connectivity index (χ1v) is 5.04. The number of nitrogens with zero attached hydrogens (tertiary/aromatic N) is 2. The molecule has 1 aliphatic rings. The molecule has 0 N–H and O–H groups in total. The molecule has 6 heteroatoms. The Morgan fingerprint density at radius 3 is 2.53 bits per heavy atom. The van der Waals surface area contributed by atoms with E-state index in [4.69, 9.17) is 11.2 Å². The molecule has 92 valence electrons. The molecule has 0 aliphatic carbocycles. The van der Waals surface area contributed by atoms with E-state index in [0.717, 1.165) is 9.80 Å². The van der Waals surface area contributed by atoms with Crippen LogP contribution in [0.2, 0.25) is 0 Å². The Labute approximate surface area is 99.5 Å². The van der Waals surface area contributed by atoms with E-state index in [0.29, 0.717) is 0 Å². The largest absolute Gasteiger partial charge is 0.443 e. The van der Waals surface area contributed by atoms with Crippen LogP contribution in [-0.4, -0.2) is 46.5 Å². The van der Waals surface area contributed by atoms with Crippen LogP contribution >= 0.6 is 0 Å². The second-order valence-corrected chi connectivity index (χ2v) is 4.53. The first kappa shape index (κ1) is 13.0. The van der Waals surface area contributed by atoms with Gasteiger partial charge in [0.15, 0.2) is 0 Å². The van der Waals surface area contributed by atoms with Crippen LogP contribution in [-0.2, 0) is 9.53 Å². The number of hydrogen-bond acceptors (Lipinski definition) is 4. The second-order valence-electron chi connectivity index (χ2n) is 4.53. The number of carbonyl (C=O) groups is 3. The van der Waals surface area contributed by atoms with E-state index in [9.17, 15) is 14.4 Å². The molecule has 17 heavy (non-hydrogen) atoms. The predicted molar refractivity (Wildman–Crippen MR) is 58.9 cm³/mol. The second kappa shape index (κ2) is 4.45. The summed E-state index contributed by atoms with van der Waals surface area (Å²) >= 11 is 0. The lowest BCUT2D eigenvalue weighted by molar-refractivity contribution is -0.124. The first-order chi connectivity index (χ1) is 7.76. The van der Waals surface area contributed by atoms with Crippen molar-refractivity contribution < 1.29 is 19.1 Å². The smallest absolute Gasteiger partial charge is 0.419 e. The fraction of sp³-hybridized carbons (Fsp3) is 0.545. The number of rotatable bonds is 1. The van der Waals surface area contributed by atoms with E-state index in [2.05, 4.69) is 5.92 Å². The summed E-state index contributed by atoms with van der Waals surface area (Å²) in [5.74, 6) is 1.68. The van der Waals surface area contributed by atoms with Crippen molar-refractivity contribution in [2.75, 3.05) is 13.1 Å². The number of ether oxygens (including phenoxy) is 1. The van der Waals surface area contributed by atoms with Gasteiger partial charge in [-0.3, -0.25) is 9.69 Å². The normalized spacial score (nSPS) is 16.1. The number of urea groups is 1. The molecule has 1 fully saturated rings. The average molecular weight is 238 g/mol. The summed E-state index contributed by atoms with van der Waals surface area (Å²) in [6.45, 7) is 4.55. The molecule has 0 aromatic heterocycles. The van der Waals surface area contributed by atoms with E-state index >= 15 is 0 Å². The molecule has 1 aliphatic heterocycles. The molecular weight excluding hydrogens is 224 g/mol. The van der Waals surface area contributed by atoms with Crippen LogP contribution in [0.1, 0.15) is 20.8 Å². The van der Waals surface area contributed by atoms with Gasteiger partial charge in [-0.1, -0.05) is 5.92 Å². The summed E-state index contributed by atoms with van der Waals surface area (Å²) < 4.78 is 5.00. The standard InChI is InChI=1S/C11H14N2O4/c1-5-6-12-8(14)7-13(9(12)15)10(16)17-11(2,3)4/h1H,6-7H2,2-4H3. The minimum atomic E-state index is -0.838. The Kier molecular flexibility index (Phi) is 3.42. The molecule has 1 rings (SSSR count). The fourth-order valence-corrected chi connectivity index (χ4v) is 1.25. The van der Waals surface area contributed by atoms with E-state index in [-0.39, 0.29) is 13.1 Å².